The maximum Gasteiger partial charge on any atom is 0.143 e. The van der Waals surface area contributed by atoms with Crippen molar-refractivity contribution in [1.82, 2.24) is 9.88 Å². The lowest BCUT2D eigenvalue weighted by Crippen LogP contribution is -2.42. The van der Waals surface area contributed by atoms with Gasteiger partial charge in [0, 0.05) is 18.6 Å². The van der Waals surface area contributed by atoms with Crippen molar-refractivity contribution in [3.8, 4) is 0 Å². The van der Waals surface area contributed by atoms with E-state index in [0.717, 1.165) is 23.1 Å². The zero-order valence-corrected chi connectivity index (χ0v) is 12.4. The number of halogens is 2. The van der Waals surface area contributed by atoms with Crippen molar-refractivity contribution in [2.24, 2.45) is 0 Å². The number of rotatable bonds is 2. The van der Waals surface area contributed by atoms with Gasteiger partial charge in [-0.2, -0.15) is 0 Å². The number of piperidine rings is 1. The molecular weight excluding hydrogens is 302 g/mol. The van der Waals surface area contributed by atoms with E-state index in [1.54, 1.807) is 6.20 Å². The van der Waals surface area contributed by atoms with Gasteiger partial charge in [0.1, 0.15) is 5.15 Å². The number of pyridine rings is 1. The smallest absolute Gasteiger partial charge is 0.143 e. The van der Waals surface area contributed by atoms with Gasteiger partial charge in [0.15, 0.2) is 0 Å². The summed E-state index contributed by atoms with van der Waals surface area (Å²) in [5.74, 6) is 0. The normalized spacial score (nSPS) is 25.9. The lowest BCUT2D eigenvalue weighted by molar-refractivity contribution is 0.190. The molecule has 3 nitrogen and oxygen atoms in total. The molecule has 0 bridgehead atoms. The van der Waals surface area contributed by atoms with Crippen LogP contribution < -0.4 is 5.32 Å². The number of likely N-dealkylation sites (tertiary alicyclic amines) is 1. The first kappa shape index (κ1) is 13.1. The van der Waals surface area contributed by atoms with Gasteiger partial charge in [-0.05, 0) is 48.8 Å². The van der Waals surface area contributed by atoms with Crippen LogP contribution in [-0.2, 0) is 0 Å². The summed E-state index contributed by atoms with van der Waals surface area (Å²) in [6.07, 6.45) is 4.12. The third-order valence-electron chi connectivity index (χ3n) is 3.38. The van der Waals surface area contributed by atoms with E-state index < -0.39 is 0 Å². The molecule has 1 aliphatic rings. The third kappa shape index (κ3) is 3.33. The van der Waals surface area contributed by atoms with Crippen molar-refractivity contribution >= 4 is 33.2 Å². The molecule has 2 rings (SSSR count). The molecule has 0 amide bonds. The highest BCUT2D eigenvalue weighted by Crippen LogP contribution is 2.25. The van der Waals surface area contributed by atoms with Gasteiger partial charge in [-0.1, -0.05) is 11.6 Å². The second kappa shape index (κ2) is 5.55. The summed E-state index contributed by atoms with van der Waals surface area (Å²) in [5, 5.41) is 4.03. The Bertz CT molecular complexity index is 399. The molecule has 5 heteroatoms. The lowest BCUT2D eigenvalue weighted by Gasteiger charge is -2.35. The summed E-state index contributed by atoms with van der Waals surface area (Å²) >= 11 is 9.26. The molecule has 94 valence electrons. The molecular formula is C12H17BrClN3. The molecule has 0 radical (unpaired) electrons. The molecule has 1 saturated heterocycles. The predicted octanol–water partition coefficient (Wildman–Crippen LogP) is 3.39. The Labute approximate surface area is 116 Å². The van der Waals surface area contributed by atoms with Crippen LogP contribution in [0.2, 0.25) is 5.15 Å². The third-order valence-corrected chi connectivity index (χ3v) is 4.51. The van der Waals surface area contributed by atoms with Crippen LogP contribution >= 0.6 is 27.5 Å². The molecule has 0 spiro atoms. The molecule has 0 aromatic carbocycles. The molecule has 1 fully saturated rings. The Kier molecular flexibility index (Phi) is 4.28. The van der Waals surface area contributed by atoms with Crippen molar-refractivity contribution in [3.63, 3.8) is 0 Å². The van der Waals surface area contributed by atoms with Crippen molar-refractivity contribution in [2.75, 3.05) is 18.9 Å². The first-order valence-electron chi connectivity index (χ1n) is 5.84. The molecule has 1 aromatic heterocycles. The minimum Gasteiger partial charge on any atom is -0.381 e. The monoisotopic (exact) mass is 317 g/mol. The van der Waals surface area contributed by atoms with Crippen LogP contribution in [0.3, 0.4) is 0 Å². The minimum absolute atomic E-state index is 0.507. The molecule has 1 aromatic rings. The van der Waals surface area contributed by atoms with Gasteiger partial charge in [-0.25, -0.2) is 4.98 Å². The number of hydrogen-bond acceptors (Lipinski definition) is 3. The average molecular weight is 319 g/mol. The van der Waals surface area contributed by atoms with Gasteiger partial charge in [-0.15, -0.1) is 0 Å². The number of hydrogen-bond donors (Lipinski definition) is 1. The van der Waals surface area contributed by atoms with E-state index >= 15 is 0 Å². The van der Waals surface area contributed by atoms with E-state index in [1.165, 1.54) is 6.42 Å². The molecule has 1 N–H and O–H groups in total. The van der Waals surface area contributed by atoms with E-state index in [4.69, 9.17) is 11.6 Å². The zero-order chi connectivity index (χ0) is 12.4. The van der Waals surface area contributed by atoms with Crippen LogP contribution in [0, 0.1) is 0 Å². The molecule has 2 atom stereocenters. The summed E-state index contributed by atoms with van der Waals surface area (Å²) < 4.78 is 0.838. The Balaban J connectivity index is 1.99. The largest absolute Gasteiger partial charge is 0.381 e. The van der Waals surface area contributed by atoms with Crippen LogP contribution in [0.1, 0.15) is 19.8 Å². The maximum atomic E-state index is 5.87. The fraction of sp³-hybridized carbons (Fsp3) is 0.583. The molecule has 2 unspecified atom stereocenters. The number of nitrogens with zero attached hydrogens (tertiary/aromatic N) is 2. The Morgan fingerprint density at radius 2 is 2.35 bits per heavy atom. The second-order valence-corrected chi connectivity index (χ2v) is 5.90. The van der Waals surface area contributed by atoms with Crippen LogP contribution in [0.15, 0.2) is 16.7 Å². The highest BCUT2D eigenvalue weighted by molar-refractivity contribution is 9.10. The van der Waals surface area contributed by atoms with E-state index in [2.05, 4.69) is 45.1 Å². The fourth-order valence-corrected chi connectivity index (χ4v) is 2.61. The van der Waals surface area contributed by atoms with Crippen LogP contribution in [0.5, 0.6) is 0 Å². The van der Waals surface area contributed by atoms with Crippen LogP contribution in [0.4, 0.5) is 5.69 Å². The van der Waals surface area contributed by atoms with E-state index in [-0.39, 0.29) is 0 Å². The van der Waals surface area contributed by atoms with Crippen molar-refractivity contribution in [2.45, 2.75) is 31.8 Å². The molecule has 1 aliphatic heterocycles. The Morgan fingerprint density at radius 1 is 1.59 bits per heavy atom. The highest BCUT2D eigenvalue weighted by atomic mass is 79.9. The predicted molar refractivity (Wildman–Crippen MR) is 75.7 cm³/mol. The van der Waals surface area contributed by atoms with Crippen molar-refractivity contribution in [3.05, 3.63) is 21.9 Å². The summed E-state index contributed by atoms with van der Waals surface area (Å²) in [5.41, 5.74) is 1.03. The summed E-state index contributed by atoms with van der Waals surface area (Å²) in [7, 11) is 2.18. The summed E-state index contributed by atoms with van der Waals surface area (Å²) in [6, 6.07) is 3.14. The highest BCUT2D eigenvalue weighted by Gasteiger charge is 2.22. The Hall–Kier alpha value is -0.320. The van der Waals surface area contributed by atoms with Crippen LogP contribution in [-0.4, -0.2) is 35.6 Å². The minimum atomic E-state index is 0.507. The first-order valence-corrected chi connectivity index (χ1v) is 7.01. The van der Waals surface area contributed by atoms with Crippen molar-refractivity contribution in [1.29, 1.82) is 0 Å². The van der Waals surface area contributed by atoms with Gasteiger partial charge < -0.3 is 10.2 Å². The average Bonchev–Trinajstić information content (AvgIpc) is 2.29. The second-order valence-electron chi connectivity index (χ2n) is 4.69. The summed E-state index contributed by atoms with van der Waals surface area (Å²) in [6.45, 7) is 3.41. The van der Waals surface area contributed by atoms with Crippen molar-refractivity contribution < 1.29 is 0 Å². The maximum absolute atomic E-state index is 5.87. The van der Waals surface area contributed by atoms with E-state index in [0.29, 0.717) is 17.2 Å². The number of nitrogens with one attached hydrogen (secondary N) is 1. The van der Waals surface area contributed by atoms with Crippen LogP contribution in [0.25, 0.3) is 0 Å². The number of anilines is 1. The van der Waals surface area contributed by atoms with Gasteiger partial charge in [0.05, 0.1) is 16.4 Å². The summed E-state index contributed by atoms with van der Waals surface area (Å²) in [4.78, 5) is 6.52. The fourth-order valence-electron chi connectivity index (χ4n) is 2.16. The molecule has 2 heterocycles. The zero-order valence-electron chi connectivity index (χ0n) is 10.1. The number of aromatic nitrogens is 1. The van der Waals surface area contributed by atoms with E-state index in [9.17, 15) is 0 Å². The lowest BCUT2D eigenvalue weighted by atomic mass is 9.99. The van der Waals surface area contributed by atoms with Gasteiger partial charge in [0.25, 0.3) is 0 Å². The van der Waals surface area contributed by atoms with E-state index in [1.807, 2.05) is 6.07 Å². The topological polar surface area (TPSA) is 28.2 Å². The SMILES string of the molecule is CC1CC(Nc2cnc(Cl)c(Br)c2)CCN1C. The Morgan fingerprint density at radius 3 is 3.00 bits per heavy atom. The molecule has 0 aliphatic carbocycles. The first-order chi connectivity index (χ1) is 8.06. The standard InChI is InChI=1S/C12H17BrClN3/c1-8-5-9(3-4-17(8)2)16-10-6-11(13)12(14)15-7-10/h6-9,16H,3-5H2,1-2H3. The quantitative estimate of drug-likeness (QED) is 0.847. The molecule has 17 heavy (non-hydrogen) atoms. The van der Waals surface area contributed by atoms with Gasteiger partial charge >= 0.3 is 0 Å². The molecule has 0 saturated carbocycles. The van der Waals surface area contributed by atoms with Gasteiger partial charge in [-0.3, -0.25) is 0 Å². The van der Waals surface area contributed by atoms with Gasteiger partial charge in [0.2, 0.25) is 0 Å².